The first-order valence-corrected chi connectivity index (χ1v) is 7.71. The molecule has 2 atom stereocenters. The number of carbonyl (C=O) groups is 2. The van der Waals surface area contributed by atoms with Crippen LogP contribution in [-0.2, 0) is 25.5 Å². The molecule has 3 rings (SSSR count). The lowest BCUT2D eigenvalue weighted by molar-refractivity contribution is -0.149. The SMILES string of the molecule is O=C(O)CO[C@@H]1COCC[C@H]1NC(=O)Cc1ccc2c(c1)OCO2. The highest BCUT2D eigenvalue weighted by Gasteiger charge is 2.28. The lowest BCUT2D eigenvalue weighted by atomic mass is 10.0. The van der Waals surface area contributed by atoms with Gasteiger partial charge in [-0.15, -0.1) is 0 Å². The summed E-state index contributed by atoms with van der Waals surface area (Å²) in [5.41, 5.74) is 0.812. The second-order valence-corrected chi connectivity index (χ2v) is 5.65. The van der Waals surface area contributed by atoms with Crippen molar-refractivity contribution in [3.8, 4) is 11.5 Å². The molecule has 24 heavy (non-hydrogen) atoms. The summed E-state index contributed by atoms with van der Waals surface area (Å²) in [6.07, 6.45) is 0.312. The molecule has 0 unspecified atom stereocenters. The molecule has 1 amide bonds. The van der Waals surface area contributed by atoms with E-state index in [-0.39, 0.29) is 31.8 Å². The molecular formula is C16H19NO7. The van der Waals surface area contributed by atoms with Gasteiger partial charge in [-0.3, -0.25) is 4.79 Å². The van der Waals surface area contributed by atoms with Crippen molar-refractivity contribution in [2.24, 2.45) is 0 Å². The van der Waals surface area contributed by atoms with Crippen LogP contribution in [0.4, 0.5) is 0 Å². The molecule has 2 aliphatic heterocycles. The third kappa shape index (κ3) is 4.15. The number of ether oxygens (including phenoxy) is 4. The third-order valence-corrected chi connectivity index (χ3v) is 3.87. The Hall–Kier alpha value is -2.32. The molecule has 0 radical (unpaired) electrons. The fourth-order valence-electron chi connectivity index (χ4n) is 2.71. The molecule has 8 nitrogen and oxygen atoms in total. The molecular weight excluding hydrogens is 318 g/mol. The molecule has 1 aromatic rings. The Bertz CT molecular complexity index is 618. The fourth-order valence-corrected chi connectivity index (χ4v) is 2.71. The zero-order chi connectivity index (χ0) is 16.9. The van der Waals surface area contributed by atoms with Crippen molar-refractivity contribution in [1.82, 2.24) is 5.32 Å². The van der Waals surface area contributed by atoms with Crippen molar-refractivity contribution in [2.75, 3.05) is 26.6 Å². The average Bonchev–Trinajstić information content (AvgIpc) is 3.01. The fraction of sp³-hybridized carbons (Fsp3) is 0.500. The number of hydrogen-bond acceptors (Lipinski definition) is 6. The van der Waals surface area contributed by atoms with Gasteiger partial charge in [-0.2, -0.15) is 0 Å². The van der Waals surface area contributed by atoms with Gasteiger partial charge in [0.15, 0.2) is 11.5 Å². The van der Waals surface area contributed by atoms with Gasteiger partial charge in [0.25, 0.3) is 0 Å². The summed E-state index contributed by atoms with van der Waals surface area (Å²) in [7, 11) is 0. The van der Waals surface area contributed by atoms with Gasteiger partial charge in [0, 0.05) is 6.61 Å². The van der Waals surface area contributed by atoms with E-state index >= 15 is 0 Å². The molecule has 2 aliphatic rings. The van der Waals surface area contributed by atoms with E-state index in [9.17, 15) is 9.59 Å². The number of rotatable bonds is 6. The predicted molar refractivity (Wildman–Crippen MR) is 81.0 cm³/mol. The van der Waals surface area contributed by atoms with Gasteiger partial charge in [0.05, 0.1) is 19.1 Å². The maximum Gasteiger partial charge on any atom is 0.329 e. The zero-order valence-corrected chi connectivity index (χ0v) is 13.0. The minimum atomic E-state index is -1.05. The number of hydrogen-bond donors (Lipinski definition) is 2. The summed E-state index contributed by atoms with van der Waals surface area (Å²) in [5, 5.41) is 11.6. The van der Waals surface area contributed by atoms with Gasteiger partial charge in [-0.05, 0) is 24.1 Å². The summed E-state index contributed by atoms with van der Waals surface area (Å²) < 4.78 is 21.1. The largest absolute Gasteiger partial charge is 0.480 e. The summed E-state index contributed by atoms with van der Waals surface area (Å²) in [6, 6.07) is 5.11. The zero-order valence-electron chi connectivity index (χ0n) is 13.0. The highest BCUT2D eigenvalue weighted by Crippen LogP contribution is 2.32. The number of fused-ring (bicyclic) bond motifs is 1. The molecule has 0 aromatic heterocycles. The van der Waals surface area contributed by atoms with E-state index in [1.54, 1.807) is 12.1 Å². The second-order valence-electron chi connectivity index (χ2n) is 5.65. The van der Waals surface area contributed by atoms with E-state index in [1.165, 1.54) is 0 Å². The first-order chi connectivity index (χ1) is 11.6. The Kier molecular flexibility index (Phi) is 5.17. The van der Waals surface area contributed by atoms with Gasteiger partial charge >= 0.3 is 5.97 Å². The summed E-state index contributed by atoms with van der Waals surface area (Å²) in [5.74, 6) is 0.0930. The number of amides is 1. The molecule has 0 bridgehead atoms. The Morgan fingerprint density at radius 2 is 2.12 bits per heavy atom. The number of carbonyl (C=O) groups excluding carboxylic acids is 1. The molecule has 0 saturated carbocycles. The standard InChI is InChI=1S/C16H19NO7/c18-15(6-10-1-2-12-13(5-10)24-9-23-12)17-11-3-4-21-7-14(11)22-8-16(19)20/h1-2,5,11,14H,3-4,6-9H2,(H,17,18)(H,19,20)/t11-,14-/m1/s1. The van der Waals surface area contributed by atoms with Crippen LogP contribution in [0.5, 0.6) is 11.5 Å². The first-order valence-electron chi connectivity index (χ1n) is 7.71. The lowest BCUT2D eigenvalue weighted by Gasteiger charge is -2.31. The van der Waals surface area contributed by atoms with Crippen LogP contribution in [0.1, 0.15) is 12.0 Å². The van der Waals surface area contributed by atoms with Crippen molar-refractivity contribution in [3.05, 3.63) is 23.8 Å². The van der Waals surface area contributed by atoms with E-state index in [1.807, 2.05) is 6.07 Å². The van der Waals surface area contributed by atoms with Crippen LogP contribution in [0.25, 0.3) is 0 Å². The minimum Gasteiger partial charge on any atom is -0.480 e. The molecule has 2 heterocycles. The molecule has 2 N–H and O–H groups in total. The molecule has 8 heteroatoms. The summed E-state index contributed by atoms with van der Waals surface area (Å²) in [4.78, 5) is 22.9. The van der Waals surface area contributed by atoms with Gasteiger partial charge < -0.3 is 29.4 Å². The third-order valence-electron chi connectivity index (χ3n) is 3.87. The highest BCUT2D eigenvalue weighted by molar-refractivity contribution is 5.79. The van der Waals surface area contributed by atoms with Crippen LogP contribution in [0.15, 0.2) is 18.2 Å². The van der Waals surface area contributed by atoms with Crippen LogP contribution in [-0.4, -0.2) is 55.7 Å². The van der Waals surface area contributed by atoms with Gasteiger partial charge in [-0.1, -0.05) is 6.07 Å². The normalized spacial score (nSPS) is 22.2. The topological polar surface area (TPSA) is 103 Å². The number of carboxylic acids is 1. The van der Waals surface area contributed by atoms with Crippen LogP contribution in [0.2, 0.25) is 0 Å². The first kappa shape index (κ1) is 16.5. The Morgan fingerprint density at radius 1 is 1.29 bits per heavy atom. The number of aliphatic carboxylic acids is 1. The molecule has 130 valence electrons. The Labute approximate surface area is 138 Å². The Morgan fingerprint density at radius 3 is 2.96 bits per heavy atom. The molecule has 1 fully saturated rings. The van der Waals surface area contributed by atoms with Gasteiger partial charge in [-0.25, -0.2) is 4.79 Å². The van der Waals surface area contributed by atoms with Crippen molar-refractivity contribution in [1.29, 1.82) is 0 Å². The van der Waals surface area contributed by atoms with Gasteiger partial charge in [0.1, 0.15) is 12.7 Å². The predicted octanol–water partition coefficient (Wildman–Crippen LogP) is 0.333. The van der Waals surface area contributed by atoms with Crippen LogP contribution in [0, 0.1) is 0 Å². The van der Waals surface area contributed by atoms with E-state index < -0.39 is 18.7 Å². The number of carboxylic acid groups (broad SMARTS) is 1. The quantitative estimate of drug-likeness (QED) is 0.771. The van der Waals surface area contributed by atoms with E-state index in [4.69, 9.17) is 24.1 Å². The molecule has 1 saturated heterocycles. The van der Waals surface area contributed by atoms with Crippen molar-refractivity contribution >= 4 is 11.9 Å². The van der Waals surface area contributed by atoms with E-state index in [0.717, 1.165) is 5.56 Å². The van der Waals surface area contributed by atoms with Crippen LogP contribution >= 0.6 is 0 Å². The highest BCUT2D eigenvalue weighted by atomic mass is 16.7. The number of benzene rings is 1. The average molecular weight is 337 g/mol. The minimum absolute atomic E-state index is 0.162. The maximum absolute atomic E-state index is 12.3. The Balaban J connectivity index is 1.55. The van der Waals surface area contributed by atoms with Crippen LogP contribution < -0.4 is 14.8 Å². The molecule has 0 aliphatic carbocycles. The second kappa shape index (κ2) is 7.50. The summed E-state index contributed by atoms with van der Waals surface area (Å²) in [6.45, 7) is 0.544. The van der Waals surface area contributed by atoms with Gasteiger partial charge in [0.2, 0.25) is 12.7 Å². The monoisotopic (exact) mass is 337 g/mol. The van der Waals surface area contributed by atoms with Crippen molar-refractivity contribution < 1.29 is 33.6 Å². The maximum atomic E-state index is 12.3. The van der Waals surface area contributed by atoms with E-state index in [2.05, 4.69) is 5.32 Å². The van der Waals surface area contributed by atoms with E-state index in [0.29, 0.717) is 24.5 Å². The van der Waals surface area contributed by atoms with Crippen LogP contribution in [0.3, 0.4) is 0 Å². The molecule has 0 spiro atoms. The smallest absolute Gasteiger partial charge is 0.329 e. The summed E-state index contributed by atoms with van der Waals surface area (Å²) >= 11 is 0. The lowest BCUT2D eigenvalue weighted by Crippen LogP contribution is -2.50. The molecule has 1 aromatic carbocycles. The number of nitrogens with one attached hydrogen (secondary N) is 1. The van der Waals surface area contributed by atoms with Crippen molar-refractivity contribution in [2.45, 2.75) is 25.0 Å². The van der Waals surface area contributed by atoms with Crippen molar-refractivity contribution in [3.63, 3.8) is 0 Å².